The van der Waals surface area contributed by atoms with Crippen molar-refractivity contribution in [2.45, 2.75) is 26.8 Å². The Balaban J connectivity index is 2.93. The fraction of sp³-hybridized carbons (Fsp3) is 0.455. The van der Waals surface area contributed by atoms with Gasteiger partial charge in [-0.15, -0.1) is 11.3 Å². The van der Waals surface area contributed by atoms with Gasteiger partial charge in [0.15, 0.2) is 0 Å². The molecule has 0 saturated carbocycles. The van der Waals surface area contributed by atoms with Gasteiger partial charge in [-0.3, -0.25) is 14.3 Å². The summed E-state index contributed by atoms with van der Waals surface area (Å²) in [5.74, 6) is 0. The monoisotopic (exact) mass is 253 g/mol. The summed E-state index contributed by atoms with van der Waals surface area (Å²) in [4.78, 5) is 28.6. The first kappa shape index (κ1) is 12.1. The van der Waals surface area contributed by atoms with Gasteiger partial charge in [0.1, 0.15) is 4.83 Å². The molecule has 0 saturated heterocycles. The van der Waals surface area contributed by atoms with E-state index in [1.807, 2.05) is 13.8 Å². The smallest absolute Gasteiger partial charge is 0.328 e. The molecule has 0 aliphatic heterocycles. The van der Waals surface area contributed by atoms with E-state index >= 15 is 0 Å². The molecule has 3 N–H and O–H groups in total. The second-order valence-corrected chi connectivity index (χ2v) is 5.40. The molecule has 2 rings (SSSR count). The van der Waals surface area contributed by atoms with Crippen LogP contribution in [0.15, 0.2) is 9.59 Å². The van der Waals surface area contributed by atoms with Crippen molar-refractivity contribution in [3.05, 3.63) is 31.3 Å². The predicted molar refractivity (Wildman–Crippen MR) is 69.9 cm³/mol. The molecule has 2 heterocycles. The van der Waals surface area contributed by atoms with Crippen LogP contribution in [0.3, 0.4) is 0 Å². The first-order chi connectivity index (χ1) is 7.97. The van der Waals surface area contributed by atoms with Crippen molar-refractivity contribution < 1.29 is 0 Å². The van der Waals surface area contributed by atoms with E-state index in [2.05, 4.69) is 4.98 Å². The zero-order valence-electron chi connectivity index (χ0n) is 10.0. The lowest BCUT2D eigenvalue weighted by Crippen LogP contribution is -2.39. The number of aromatic amines is 1. The predicted octanol–water partition coefficient (Wildman–Crippen LogP) is 0.888. The van der Waals surface area contributed by atoms with Crippen LogP contribution < -0.4 is 17.0 Å². The Morgan fingerprint density at radius 1 is 1.41 bits per heavy atom. The van der Waals surface area contributed by atoms with Crippen LogP contribution in [0.4, 0.5) is 0 Å². The maximum absolute atomic E-state index is 12.3. The van der Waals surface area contributed by atoms with Crippen LogP contribution in [0, 0.1) is 13.8 Å². The van der Waals surface area contributed by atoms with Crippen molar-refractivity contribution in [1.82, 2.24) is 9.55 Å². The highest BCUT2D eigenvalue weighted by Crippen LogP contribution is 2.24. The van der Waals surface area contributed by atoms with E-state index in [1.54, 1.807) is 6.92 Å². The summed E-state index contributed by atoms with van der Waals surface area (Å²) in [5, 5.41) is 0.604. The first-order valence-corrected chi connectivity index (χ1v) is 6.23. The topological polar surface area (TPSA) is 80.9 Å². The summed E-state index contributed by atoms with van der Waals surface area (Å²) in [6.45, 7) is 5.85. The van der Waals surface area contributed by atoms with Crippen LogP contribution in [0.2, 0.25) is 0 Å². The second-order valence-electron chi connectivity index (χ2n) is 4.18. The van der Waals surface area contributed by atoms with E-state index in [4.69, 9.17) is 5.73 Å². The summed E-state index contributed by atoms with van der Waals surface area (Å²) >= 11 is 1.43. The Hall–Kier alpha value is -1.40. The molecule has 2 aromatic heterocycles. The molecule has 92 valence electrons. The van der Waals surface area contributed by atoms with E-state index in [9.17, 15) is 9.59 Å². The number of nitrogens with one attached hydrogen (secondary N) is 1. The number of aromatic nitrogens is 2. The summed E-state index contributed by atoms with van der Waals surface area (Å²) < 4.78 is 1.20. The van der Waals surface area contributed by atoms with Crippen molar-refractivity contribution in [2.75, 3.05) is 6.54 Å². The molecular formula is C11H15N3O2S. The largest absolute Gasteiger partial charge is 0.329 e. The van der Waals surface area contributed by atoms with E-state index < -0.39 is 0 Å². The average molecular weight is 253 g/mol. The van der Waals surface area contributed by atoms with Crippen LogP contribution >= 0.6 is 11.3 Å². The summed E-state index contributed by atoms with van der Waals surface area (Å²) in [7, 11) is 0. The zero-order chi connectivity index (χ0) is 12.7. The van der Waals surface area contributed by atoms with E-state index in [-0.39, 0.29) is 23.8 Å². The lowest BCUT2D eigenvalue weighted by molar-refractivity contribution is 0.518. The second kappa shape index (κ2) is 4.12. The lowest BCUT2D eigenvalue weighted by atomic mass is 10.2. The number of aryl methyl sites for hydroxylation is 2. The maximum Gasteiger partial charge on any atom is 0.329 e. The van der Waals surface area contributed by atoms with Crippen LogP contribution in [-0.2, 0) is 0 Å². The van der Waals surface area contributed by atoms with Crippen molar-refractivity contribution >= 4 is 21.6 Å². The lowest BCUT2D eigenvalue weighted by Gasteiger charge is -2.11. The Morgan fingerprint density at radius 2 is 2.06 bits per heavy atom. The molecule has 0 aromatic carbocycles. The third-order valence-corrected chi connectivity index (χ3v) is 4.16. The van der Waals surface area contributed by atoms with Gasteiger partial charge in [0.25, 0.3) is 5.56 Å². The number of thiophene rings is 1. The van der Waals surface area contributed by atoms with Gasteiger partial charge in [-0.1, -0.05) is 0 Å². The van der Waals surface area contributed by atoms with Gasteiger partial charge < -0.3 is 5.73 Å². The molecule has 0 spiro atoms. The summed E-state index contributed by atoms with van der Waals surface area (Å²) in [5.41, 5.74) is 5.82. The van der Waals surface area contributed by atoms with Gasteiger partial charge in [-0.2, -0.15) is 0 Å². The number of hydrogen-bond acceptors (Lipinski definition) is 4. The number of hydrogen-bond donors (Lipinski definition) is 2. The SMILES string of the molecule is Cc1sc2[nH]c(=O)n(C(C)CN)c(=O)c2c1C. The molecule has 2 aromatic rings. The van der Waals surface area contributed by atoms with Crippen LogP contribution in [0.25, 0.3) is 10.2 Å². The molecule has 1 unspecified atom stereocenters. The van der Waals surface area contributed by atoms with E-state index in [1.165, 1.54) is 15.9 Å². The minimum absolute atomic E-state index is 0.247. The minimum atomic E-state index is -0.387. The Kier molecular flexibility index (Phi) is 2.92. The van der Waals surface area contributed by atoms with E-state index in [0.29, 0.717) is 10.2 Å². The maximum atomic E-state index is 12.3. The number of fused-ring (bicyclic) bond motifs is 1. The first-order valence-electron chi connectivity index (χ1n) is 5.42. The standard InChI is InChI=1S/C11H15N3O2S/c1-5(4-12)14-10(15)8-6(2)7(3)17-9(8)13-11(14)16/h5H,4,12H2,1-3H3,(H,13,16). The Bertz CT molecular complexity index is 680. The van der Waals surface area contributed by atoms with Crippen LogP contribution in [-0.4, -0.2) is 16.1 Å². The molecule has 5 nitrogen and oxygen atoms in total. The molecule has 0 aliphatic rings. The van der Waals surface area contributed by atoms with Crippen LogP contribution in [0.1, 0.15) is 23.4 Å². The molecular weight excluding hydrogens is 238 g/mol. The Labute approximate surface area is 102 Å². The molecule has 6 heteroatoms. The van der Waals surface area contributed by atoms with Gasteiger partial charge in [-0.05, 0) is 26.3 Å². The third-order valence-electron chi connectivity index (χ3n) is 3.04. The van der Waals surface area contributed by atoms with E-state index in [0.717, 1.165) is 10.4 Å². The number of nitrogens with zero attached hydrogens (tertiary/aromatic N) is 1. The third kappa shape index (κ3) is 1.73. The van der Waals surface area contributed by atoms with Crippen LogP contribution in [0.5, 0.6) is 0 Å². The molecule has 0 fully saturated rings. The van der Waals surface area contributed by atoms with Gasteiger partial charge in [0, 0.05) is 11.4 Å². The highest BCUT2D eigenvalue weighted by molar-refractivity contribution is 7.18. The molecule has 1 atom stereocenters. The van der Waals surface area contributed by atoms with Crippen molar-refractivity contribution in [1.29, 1.82) is 0 Å². The molecule has 0 amide bonds. The highest BCUT2D eigenvalue weighted by Gasteiger charge is 2.16. The molecule has 0 radical (unpaired) electrons. The number of H-pyrrole nitrogens is 1. The molecule has 0 aliphatic carbocycles. The minimum Gasteiger partial charge on any atom is -0.328 e. The zero-order valence-corrected chi connectivity index (χ0v) is 10.9. The van der Waals surface area contributed by atoms with Gasteiger partial charge >= 0.3 is 5.69 Å². The fourth-order valence-corrected chi connectivity index (χ4v) is 2.89. The van der Waals surface area contributed by atoms with Crippen molar-refractivity contribution in [3.63, 3.8) is 0 Å². The normalized spacial score (nSPS) is 13.2. The molecule has 17 heavy (non-hydrogen) atoms. The highest BCUT2D eigenvalue weighted by atomic mass is 32.1. The summed E-state index contributed by atoms with van der Waals surface area (Å²) in [6, 6.07) is -0.296. The summed E-state index contributed by atoms with van der Waals surface area (Å²) in [6.07, 6.45) is 0. The van der Waals surface area contributed by atoms with Crippen molar-refractivity contribution in [3.8, 4) is 0 Å². The quantitative estimate of drug-likeness (QED) is 0.834. The Morgan fingerprint density at radius 3 is 2.65 bits per heavy atom. The van der Waals surface area contributed by atoms with Gasteiger partial charge in [-0.25, -0.2) is 4.79 Å². The van der Waals surface area contributed by atoms with Gasteiger partial charge in [0.2, 0.25) is 0 Å². The fourth-order valence-electron chi connectivity index (χ4n) is 1.85. The molecule has 0 bridgehead atoms. The van der Waals surface area contributed by atoms with Crippen molar-refractivity contribution in [2.24, 2.45) is 5.73 Å². The number of nitrogens with two attached hydrogens (primary N) is 1. The van der Waals surface area contributed by atoms with Gasteiger partial charge in [0.05, 0.1) is 11.4 Å². The number of rotatable bonds is 2. The average Bonchev–Trinajstić information content (AvgIpc) is 2.54.